The van der Waals surface area contributed by atoms with Crippen LogP contribution < -0.4 is 15.4 Å². The normalized spacial score (nSPS) is 10.5. The molecule has 8 nitrogen and oxygen atoms in total. The number of pyridine rings is 1. The minimum Gasteiger partial charge on any atom is -0.495 e. The summed E-state index contributed by atoms with van der Waals surface area (Å²) >= 11 is 0. The number of carbonyl (C=O) groups is 1. The Bertz CT molecular complexity index is 993. The lowest BCUT2D eigenvalue weighted by Gasteiger charge is -2.15. The molecule has 0 amide bonds. The third-order valence-corrected chi connectivity index (χ3v) is 4.00. The molecule has 0 saturated heterocycles. The molecule has 2 aromatic heterocycles. The number of hydrogen-bond acceptors (Lipinski definition) is 8. The Balaban J connectivity index is 2.03. The Hall–Kier alpha value is -3.68. The second-order valence-corrected chi connectivity index (χ2v) is 6.53. The summed E-state index contributed by atoms with van der Waals surface area (Å²) in [5, 5.41) is 6.45. The highest BCUT2D eigenvalue weighted by atomic mass is 16.5. The molecule has 0 unspecified atom stereocenters. The number of nitrogens with zero attached hydrogens (tertiary/aromatic N) is 3. The SMILES string of the molecule is COC(=O)c1ccc(OC)c(Nc2cc(-c3ccncc3)nc(NC(C)C)n2)c1. The molecule has 0 fully saturated rings. The van der Waals surface area contributed by atoms with E-state index < -0.39 is 5.97 Å². The van der Waals surface area contributed by atoms with Gasteiger partial charge in [0.1, 0.15) is 11.6 Å². The quantitative estimate of drug-likeness (QED) is 0.583. The molecule has 0 spiro atoms. The zero-order valence-corrected chi connectivity index (χ0v) is 16.8. The van der Waals surface area contributed by atoms with E-state index in [1.165, 1.54) is 7.11 Å². The van der Waals surface area contributed by atoms with E-state index in [2.05, 4.69) is 25.6 Å². The highest BCUT2D eigenvalue weighted by molar-refractivity contribution is 5.91. The van der Waals surface area contributed by atoms with Gasteiger partial charge >= 0.3 is 5.97 Å². The van der Waals surface area contributed by atoms with Crippen LogP contribution in [0.3, 0.4) is 0 Å². The third kappa shape index (κ3) is 4.98. The molecule has 8 heteroatoms. The molecule has 3 aromatic rings. The molecule has 1 aromatic carbocycles. The zero-order valence-electron chi connectivity index (χ0n) is 16.8. The van der Waals surface area contributed by atoms with Gasteiger partial charge in [0.25, 0.3) is 0 Å². The first-order chi connectivity index (χ1) is 14.0. The topological polar surface area (TPSA) is 98.3 Å². The van der Waals surface area contributed by atoms with Crippen molar-refractivity contribution in [3.05, 3.63) is 54.4 Å². The van der Waals surface area contributed by atoms with Gasteiger partial charge < -0.3 is 20.1 Å². The maximum absolute atomic E-state index is 11.9. The zero-order chi connectivity index (χ0) is 20.8. The maximum atomic E-state index is 11.9. The Morgan fingerprint density at radius 2 is 1.79 bits per heavy atom. The van der Waals surface area contributed by atoms with Crippen molar-refractivity contribution in [2.75, 3.05) is 24.9 Å². The maximum Gasteiger partial charge on any atom is 0.337 e. The van der Waals surface area contributed by atoms with Gasteiger partial charge in [0.05, 0.1) is 31.2 Å². The molecule has 0 aliphatic heterocycles. The number of anilines is 3. The van der Waals surface area contributed by atoms with Crippen LogP contribution in [0.15, 0.2) is 48.8 Å². The van der Waals surface area contributed by atoms with Crippen molar-refractivity contribution < 1.29 is 14.3 Å². The van der Waals surface area contributed by atoms with Crippen LogP contribution in [-0.4, -0.2) is 41.2 Å². The fourth-order valence-electron chi connectivity index (χ4n) is 2.69. The highest BCUT2D eigenvalue weighted by Crippen LogP contribution is 2.30. The number of ether oxygens (including phenoxy) is 2. The van der Waals surface area contributed by atoms with Crippen LogP contribution in [0.4, 0.5) is 17.5 Å². The van der Waals surface area contributed by atoms with Crippen LogP contribution in [0.1, 0.15) is 24.2 Å². The van der Waals surface area contributed by atoms with Crippen LogP contribution in [0.2, 0.25) is 0 Å². The van der Waals surface area contributed by atoms with Crippen LogP contribution in [0.5, 0.6) is 5.75 Å². The molecular weight excluding hydrogens is 370 g/mol. The summed E-state index contributed by atoms with van der Waals surface area (Å²) in [6, 6.07) is 10.7. The first-order valence-electron chi connectivity index (χ1n) is 9.09. The number of methoxy groups -OCH3 is 2. The molecule has 2 N–H and O–H groups in total. The van der Waals surface area contributed by atoms with Crippen molar-refractivity contribution in [3.8, 4) is 17.0 Å². The van der Waals surface area contributed by atoms with E-state index in [9.17, 15) is 4.79 Å². The summed E-state index contributed by atoms with van der Waals surface area (Å²) in [5.41, 5.74) is 2.63. The van der Waals surface area contributed by atoms with Gasteiger partial charge in [0.2, 0.25) is 5.95 Å². The monoisotopic (exact) mass is 393 g/mol. The van der Waals surface area contributed by atoms with Crippen LogP contribution in [0.25, 0.3) is 11.3 Å². The van der Waals surface area contributed by atoms with Crippen molar-refractivity contribution in [1.29, 1.82) is 0 Å². The number of hydrogen-bond donors (Lipinski definition) is 2. The third-order valence-electron chi connectivity index (χ3n) is 4.00. The first-order valence-corrected chi connectivity index (χ1v) is 9.09. The Morgan fingerprint density at radius 3 is 2.45 bits per heavy atom. The van der Waals surface area contributed by atoms with Gasteiger partial charge in [-0.15, -0.1) is 0 Å². The summed E-state index contributed by atoms with van der Waals surface area (Å²) in [7, 11) is 2.90. The molecule has 150 valence electrons. The summed E-state index contributed by atoms with van der Waals surface area (Å²) in [6.07, 6.45) is 3.42. The Labute approximate surface area is 169 Å². The van der Waals surface area contributed by atoms with Gasteiger partial charge in [0.15, 0.2) is 0 Å². The van der Waals surface area contributed by atoms with E-state index in [0.717, 1.165) is 11.3 Å². The Kier molecular flexibility index (Phi) is 6.23. The molecule has 0 bridgehead atoms. The molecule has 0 atom stereocenters. The average Bonchev–Trinajstić information content (AvgIpc) is 2.73. The predicted octanol–water partition coefficient (Wildman–Crippen LogP) is 3.90. The minimum atomic E-state index is -0.432. The number of nitrogens with one attached hydrogen (secondary N) is 2. The molecule has 0 saturated carbocycles. The van der Waals surface area contributed by atoms with Gasteiger partial charge in [-0.05, 0) is 44.2 Å². The number of carbonyl (C=O) groups excluding carboxylic acids is 1. The summed E-state index contributed by atoms with van der Waals surface area (Å²) in [6.45, 7) is 4.02. The molecule has 0 radical (unpaired) electrons. The fourth-order valence-corrected chi connectivity index (χ4v) is 2.69. The predicted molar refractivity (Wildman–Crippen MR) is 112 cm³/mol. The highest BCUT2D eigenvalue weighted by Gasteiger charge is 2.13. The lowest BCUT2D eigenvalue weighted by atomic mass is 10.1. The fraction of sp³-hybridized carbons (Fsp3) is 0.238. The van der Waals surface area contributed by atoms with Crippen LogP contribution >= 0.6 is 0 Å². The average molecular weight is 393 g/mol. The summed E-state index contributed by atoms with van der Waals surface area (Å²) < 4.78 is 10.2. The lowest BCUT2D eigenvalue weighted by Crippen LogP contribution is -2.13. The summed E-state index contributed by atoms with van der Waals surface area (Å²) in [4.78, 5) is 25.1. The molecule has 0 aliphatic carbocycles. The molecule has 29 heavy (non-hydrogen) atoms. The molecular formula is C21H23N5O3. The molecule has 2 heterocycles. The molecule has 3 rings (SSSR count). The van der Waals surface area contributed by atoms with Gasteiger partial charge in [0, 0.05) is 30.1 Å². The van der Waals surface area contributed by atoms with Crippen molar-refractivity contribution in [1.82, 2.24) is 15.0 Å². The van der Waals surface area contributed by atoms with Gasteiger partial charge in [-0.25, -0.2) is 9.78 Å². The van der Waals surface area contributed by atoms with Crippen LogP contribution in [-0.2, 0) is 4.74 Å². The smallest absolute Gasteiger partial charge is 0.337 e. The van der Waals surface area contributed by atoms with E-state index in [1.54, 1.807) is 37.7 Å². The minimum absolute atomic E-state index is 0.160. The second-order valence-electron chi connectivity index (χ2n) is 6.53. The van der Waals surface area contributed by atoms with Crippen molar-refractivity contribution in [3.63, 3.8) is 0 Å². The van der Waals surface area contributed by atoms with Gasteiger partial charge in [-0.2, -0.15) is 4.98 Å². The van der Waals surface area contributed by atoms with Crippen molar-refractivity contribution in [2.24, 2.45) is 0 Å². The number of esters is 1. The van der Waals surface area contributed by atoms with Crippen molar-refractivity contribution >= 4 is 23.4 Å². The largest absolute Gasteiger partial charge is 0.495 e. The molecule has 0 aliphatic rings. The number of benzene rings is 1. The Morgan fingerprint density at radius 1 is 1.03 bits per heavy atom. The first kappa shape index (κ1) is 20.1. The second kappa shape index (κ2) is 9.01. The van der Waals surface area contributed by atoms with Gasteiger partial charge in [-0.1, -0.05) is 0 Å². The standard InChI is InChI=1S/C21H23N5O3/c1-13(2)23-21-25-16(14-7-9-22-10-8-14)12-19(26-21)24-17-11-15(20(27)29-4)5-6-18(17)28-3/h5-13H,1-4H3,(H2,23,24,25,26). The van der Waals surface area contributed by atoms with E-state index >= 15 is 0 Å². The lowest BCUT2D eigenvalue weighted by molar-refractivity contribution is 0.0600. The van der Waals surface area contributed by atoms with Crippen LogP contribution in [0, 0.1) is 0 Å². The number of aromatic nitrogens is 3. The van der Waals surface area contributed by atoms with E-state index in [-0.39, 0.29) is 6.04 Å². The van der Waals surface area contributed by atoms with E-state index in [0.29, 0.717) is 28.8 Å². The van der Waals surface area contributed by atoms with Crippen molar-refractivity contribution in [2.45, 2.75) is 19.9 Å². The summed E-state index contributed by atoms with van der Waals surface area (Å²) in [5.74, 6) is 1.17. The number of rotatable bonds is 7. The van der Waals surface area contributed by atoms with E-state index in [4.69, 9.17) is 9.47 Å². The van der Waals surface area contributed by atoms with Gasteiger partial charge in [-0.3, -0.25) is 4.98 Å². The van der Waals surface area contributed by atoms with E-state index in [1.807, 2.05) is 32.0 Å².